The van der Waals surface area contributed by atoms with Crippen LogP contribution in [0.1, 0.15) is 38.2 Å². The van der Waals surface area contributed by atoms with Gasteiger partial charge in [0, 0.05) is 33.5 Å². The molecule has 1 aromatic heterocycles. The zero-order valence-corrected chi connectivity index (χ0v) is 39.4. The van der Waals surface area contributed by atoms with Crippen LogP contribution in [0.15, 0.2) is 224 Å². The summed E-state index contributed by atoms with van der Waals surface area (Å²) in [7, 11) is 0. The Kier molecular flexibility index (Phi) is 8.73. The van der Waals surface area contributed by atoms with Crippen molar-refractivity contribution in [1.29, 1.82) is 0 Å². The van der Waals surface area contributed by atoms with Gasteiger partial charge >= 0.3 is 0 Å². The van der Waals surface area contributed by atoms with Crippen LogP contribution < -0.4 is 4.90 Å². The van der Waals surface area contributed by atoms with Gasteiger partial charge in [0.05, 0.1) is 11.0 Å². The first-order valence-electron chi connectivity index (χ1n) is 25.5. The Morgan fingerprint density at radius 2 is 0.971 bits per heavy atom. The Balaban J connectivity index is 0.818. The summed E-state index contributed by atoms with van der Waals surface area (Å²) < 4.78 is 2.43. The second-order valence-electron chi connectivity index (χ2n) is 21.1. The fourth-order valence-corrected chi connectivity index (χ4v) is 14.5. The third-order valence-corrected chi connectivity index (χ3v) is 17.3. The highest BCUT2D eigenvalue weighted by Crippen LogP contribution is 2.71. The van der Waals surface area contributed by atoms with Gasteiger partial charge in [0.1, 0.15) is 0 Å². The van der Waals surface area contributed by atoms with Crippen LogP contribution in [0.3, 0.4) is 0 Å². The van der Waals surface area contributed by atoms with Gasteiger partial charge in [0.15, 0.2) is 0 Å². The van der Waals surface area contributed by atoms with E-state index < -0.39 is 0 Å². The predicted octanol–water partition coefficient (Wildman–Crippen LogP) is 18.5. The van der Waals surface area contributed by atoms with E-state index in [1.165, 1.54) is 113 Å². The zero-order valence-electron chi connectivity index (χ0n) is 39.4. The second-order valence-corrected chi connectivity index (χ2v) is 21.1. The molecule has 1 heterocycles. The van der Waals surface area contributed by atoms with Crippen LogP contribution in [0.4, 0.5) is 17.1 Å². The molecule has 3 aliphatic rings. The molecule has 2 unspecified atom stereocenters. The number of benzene rings is 11. The smallest absolute Gasteiger partial charge is 0.0547 e. The first-order valence-corrected chi connectivity index (χ1v) is 25.5. The van der Waals surface area contributed by atoms with E-state index >= 15 is 0 Å². The average Bonchev–Trinajstić information content (AvgIpc) is 3.75. The fraction of sp³-hybridized carbons (Fsp3) is 0.147. The monoisotopic (exact) mass is 896 g/mol. The molecule has 0 aliphatic heterocycles. The highest BCUT2D eigenvalue weighted by molar-refractivity contribution is 6.26. The molecule has 3 aliphatic carbocycles. The van der Waals surface area contributed by atoms with Gasteiger partial charge < -0.3 is 9.47 Å². The van der Waals surface area contributed by atoms with Crippen molar-refractivity contribution in [2.45, 2.75) is 38.0 Å². The average molecular weight is 897 g/mol. The molecule has 0 radical (unpaired) electrons. The molecule has 2 nitrogen and oxygen atoms in total. The number of para-hydroxylation sites is 1. The van der Waals surface area contributed by atoms with E-state index in [0.717, 1.165) is 46.4 Å². The van der Waals surface area contributed by atoms with Crippen LogP contribution >= 0.6 is 0 Å². The van der Waals surface area contributed by atoms with Crippen molar-refractivity contribution in [3.05, 3.63) is 230 Å². The molecule has 2 heteroatoms. The van der Waals surface area contributed by atoms with Crippen molar-refractivity contribution in [3.63, 3.8) is 0 Å². The number of aromatic nitrogens is 1. The van der Waals surface area contributed by atoms with Gasteiger partial charge in [-0.25, -0.2) is 0 Å². The molecule has 0 bridgehead atoms. The predicted molar refractivity (Wildman–Crippen MR) is 296 cm³/mol. The second kappa shape index (κ2) is 15.3. The van der Waals surface area contributed by atoms with E-state index in [4.69, 9.17) is 0 Å². The van der Waals surface area contributed by atoms with Crippen molar-refractivity contribution in [2.75, 3.05) is 4.90 Å². The minimum Gasteiger partial charge on any atom is -0.310 e. The van der Waals surface area contributed by atoms with Gasteiger partial charge in [-0.1, -0.05) is 171 Å². The summed E-state index contributed by atoms with van der Waals surface area (Å²) in [5, 5.41) is 12.8. The molecule has 0 N–H and O–H groups in total. The topological polar surface area (TPSA) is 8.17 Å². The SMILES string of the molecule is C[C@H]1C[C@H]2C[C@H]3CC(c4ccc(-c5ccc(N(c6ccc(-c7cccc(-n8c9ccccc9c9c%10ccccc%10ccc98)c7)cc6)c6ccc7c8ccccc8c8ccccc8c7c6)cc5)cc4)(C1)C23. The van der Waals surface area contributed by atoms with E-state index in [1.807, 2.05) is 0 Å². The Bertz CT molecular complexity index is 4010. The van der Waals surface area contributed by atoms with Crippen LogP contribution in [0.25, 0.3) is 92.8 Å². The lowest BCUT2D eigenvalue weighted by atomic mass is 9.34. The molecular weight excluding hydrogens is 845 g/mol. The number of rotatable bonds is 7. The molecule has 0 amide bonds. The first kappa shape index (κ1) is 40.0. The standard InChI is InChI=1S/C68H52N2/c1-43-37-49-38-50-42-68(41-43,67(49)50)51-28-21-44(22-29-51)45-23-30-52(31-24-45)69(55-34-35-61-59-17-5-4-15-57(59)58-16-6-7-18-60(58)63(61)40-55)53-32-25-46(26-33-53)48-12-10-13-54(39-48)70-64-20-9-8-19-62(64)66-56-14-3-2-11-47(56)27-36-65(66)70/h2-36,39-40,43,49-50,67H,37-38,41-42H2,1H3/t43-,49-,50-,67?,68?/m0/s1. The molecule has 334 valence electrons. The third-order valence-electron chi connectivity index (χ3n) is 17.3. The molecule has 3 fully saturated rings. The van der Waals surface area contributed by atoms with E-state index in [2.05, 4.69) is 241 Å². The van der Waals surface area contributed by atoms with Crippen LogP contribution in [-0.4, -0.2) is 4.57 Å². The van der Waals surface area contributed by atoms with E-state index in [1.54, 1.807) is 5.56 Å². The number of hydrogen-bond acceptors (Lipinski definition) is 1. The maximum Gasteiger partial charge on any atom is 0.0547 e. The molecular formula is C68H52N2. The highest BCUT2D eigenvalue weighted by atomic mass is 15.1. The van der Waals surface area contributed by atoms with Crippen molar-refractivity contribution in [2.24, 2.45) is 23.7 Å². The highest BCUT2D eigenvalue weighted by Gasteiger charge is 2.65. The summed E-state index contributed by atoms with van der Waals surface area (Å²) >= 11 is 0. The lowest BCUT2D eigenvalue weighted by Gasteiger charge is -2.70. The van der Waals surface area contributed by atoms with Crippen molar-refractivity contribution >= 4 is 82.0 Å². The third kappa shape index (κ3) is 5.92. The summed E-state index contributed by atoms with van der Waals surface area (Å²) in [5.41, 5.74) is 13.9. The first-order chi connectivity index (χ1) is 34.6. The summed E-state index contributed by atoms with van der Waals surface area (Å²) in [6.45, 7) is 2.49. The Morgan fingerprint density at radius 1 is 0.400 bits per heavy atom. The summed E-state index contributed by atoms with van der Waals surface area (Å²) in [6.07, 6.45) is 5.68. The number of nitrogens with zero attached hydrogens (tertiary/aromatic N) is 2. The largest absolute Gasteiger partial charge is 0.310 e. The van der Waals surface area contributed by atoms with Gasteiger partial charge in [-0.05, 0) is 186 Å². The lowest BCUT2D eigenvalue weighted by Crippen LogP contribution is -2.65. The molecule has 11 aromatic carbocycles. The molecule has 5 atom stereocenters. The normalized spacial score (nSPS) is 20.5. The number of fused-ring (bicyclic) bond motifs is 11. The van der Waals surface area contributed by atoms with E-state index in [9.17, 15) is 0 Å². The van der Waals surface area contributed by atoms with Gasteiger partial charge in [-0.3, -0.25) is 0 Å². The molecule has 15 rings (SSSR count). The summed E-state index contributed by atoms with van der Waals surface area (Å²) in [4.78, 5) is 2.43. The fourth-order valence-electron chi connectivity index (χ4n) is 14.5. The van der Waals surface area contributed by atoms with E-state index in [-0.39, 0.29) is 0 Å². The molecule has 3 saturated carbocycles. The Labute approximate surface area is 409 Å². The summed E-state index contributed by atoms with van der Waals surface area (Å²) in [6, 6.07) is 84.2. The molecule has 0 saturated heterocycles. The minimum absolute atomic E-state index is 0.423. The van der Waals surface area contributed by atoms with Crippen LogP contribution in [0, 0.1) is 23.7 Å². The van der Waals surface area contributed by atoms with Crippen LogP contribution in [0.2, 0.25) is 0 Å². The van der Waals surface area contributed by atoms with Gasteiger partial charge in [-0.15, -0.1) is 0 Å². The van der Waals surface area contributed by atoms with Crippen LogP contribution in [-0.2, 0) is 5.41 Å². The molecule has 70 heavy (non-hydrogen) atoms. The lowest BCUT2D eigenvalue weighted by molar-refractivity contribution is -0.159. The molecule has 12 aromatic rings. The summed E-state index contributed by atoms with van der Waals surface area (Å²) in [5.74, 6) is 3.70. The van der Waals surface area contributed by atoms with Gasteiger partial charge in [0.25, 0.3) is 0 Å². The van der Waals surface area contributed by atoms with Crippen molar-refractivity contribution < 1.29 is 0 Å². The zero-order chi connectivity index (χ0) is 46.1. The van der Waals surface area contributed by atoms with Crippen molar-refractivity contribution in [1.82, 2.24) is 4.57 Å². The number of anilines is 3. The molecule has 0 spiro atoms. The van der Waals surface area contributed by atoms with Gasteiger partial charge in [0.2, 0.25) is 0 Å². The van der Waals surface area contributed by atoms with Crippen molar-refractivity contribution in [3.8, 4) is 27.9 Å². The Morgan fingerprint density at radius 3 is 1.66 bits per heavy atom. The quantitative estimate of drug-likeness (QED) is 0.145. The maximum atomic E-state index is 2.49. The van der Waals surface area contributed by atoms with Crippen LogP contribution in [0.5, 0.6) is 0 Å². The maximum absolute atomic E-state index is 2.49. The van der Waals surface area contributed by atoms with E-state index in [0.29, 0.717) is 5.41 Å². The Hall–Kier alpha value is -7.94. The minimum atomic E-state index is 0.423. The van der Waals surface area contributed by atoms with Gasteiger partial charge in [-0.2, -0.15) is 0 Å². The number of hydrogen-bond donors (Lipinski definition) is 0.